The lowest BCUT2D eigenvalue weighted by Crippen LogP contribution is -2.37. The van der Waals surface area contributed by atoms with Gasteiger partial charge in [0, 0.05) is 47.8 Å². The van der Waals surface area contributed by atoms with E-state index in [1.165, 1.54) is 18.1 Å². The zero-order valence-electron chi connectivity index (χ0n) is 29.9. The molecule has 5 unspecified atom stereocenters. The number of likely N-dealkylation sites (N-methyl/N-ethyl adjacent to an activating group) is 1. The maximum absolute atomic E-state index is 12.2. The molecule has 0 bridgehead atoms. The number of ether oxygens (including phenoxy) is 4. The van der Waals surface area contributed by atoms with Crippen molar-refractivity contribution in [2.24, 2.45) is 11.7 Å². The highest BCUT2D eigenvalue weighted by Gasteiger charge is 2.50. The number of hydrogen-bond acceptors (Lipinski definition) is 10. The van der Waals surface area contributed by atoms with Gasteiger partial charge >= 0.3 is 5.97 Å². The van der Waals surface area contributed by atoms with E-state index in [4.69, 9.17) is 24.7 Å². The van der Waals surface area contributed by atoms with Crippen molar-refractivity contribution in [3.05, 3.63) is 88.1 Å². The van der Waals surface area contributed by atoms with Crippen LogP contribution in [0.1, 0.15) is 80.2 Å². The highest BCUT2D eigenvalue weighted by atomic mass is 16.5. The van der Waals surface area contributed by atoms with E-state index in [-0.39, 0.29) is 41.6 Å². The summed E-state index contributed by atoms with van der Waals surface area (Å²) in [7, 11) is 3.48. The monoisotopic (exact) mass is 695 g/mol. The maximum atomic E-state index is 12.2. The quantitative estimate of drug-likeness (QED) is 0.115. The Morgan fingerprint density at radius 1 is 1.16 bits per heavy atom. The maximum Gasteiger partial charge on any atom is 0.302 e. The summed E-state index contributed by atoms with van der Waals surface area (Å²) in [6.45, 7) is 4.71. The fourth-order valence-electron chi connectivity index (χ4n) is 8.86. The molecule has 1 fully saturated rings. The van der Waals surface area contributed by atoms with Crippen LogP contribution in [0.2, 0.25) is 0 Å². The second-order valence-electron chi connectivity index (χ2n) is 14.4. The highest BCUT2D eigenvalue weighted by Crippen LogP contribution is 2.62. The van der Waals surface area contributed by atoms with Crippen molar-refractivity contribution < 1.29 is 34.0 Å². The minimum Gasteiger partial charge on any atom is -0.508 e. The van der Waals surface area contributed by atoms with Gasteiger partial charge in [-0.15, -0.1) is 0 Å². The third-order valence-corrected chi connectivity index (χ3v) is 11.2. The number of methoxy groups -OCH3 is 1. The first-order chi connectivity index (χ1) is 24.6. The van der Waals surface area contributed by atoms with Crippen LogP contribution < -0.4 is 30.6 Å². The molecular weight excluding hydrogens is 646 g/mol. The Morgan fingerprint density at radius 2 is 2.00 bits per heavy atom. The van der Waals surface area contributed by atoms with E-state index in [2.05, 4.69) is 42.0 Å². The van der Waals surface area contributed by atoms with Crippen molar-refractivity contribution in [2.75, 3.05) is 33.9 Å². The Hall–Kier alpha value is -4.67. The lowest BCUT2D eigenvalue weighted by atomic mass is 9.65. The highest BCUT2D eigenvalue weighted by molar-refractivity contribution is 5.84. The molecular formula is C41H49N3O7. The zero-order valence-corrected chi connectivity index (χ0v) is 29.9. The first-order valence-electron chi connectivity index (χ1n) is 18.0. The van der Waals surface area contributed by atoms with Crippen LogP contribution >= 0.6 is 0 Å². The van der Waals surface area contributed by atoms with E-state index in [0.717, 1.165) is 77.7 Å². The number of nitrogens with two attached hydrogens (primary N) is 1. The van der Waals surface area contributed by atoms with E-state index < -0.39 is 6.10 Å². The molecule has 2 aliphatic heterocycles. The van der Waals surface area contributed by atoms with Crippen molar-refractivity contribution in [1.29, 1.82) is 0 Å². The van der Waals surface area contributed by atoms with Crippen LogP contribution in [0.3, 0.4) is 0 Å². The number of rotatable bonds is 11. The van der Waals surface area contributed by atoms with Crippen LogP contribution in [0.5, 0.6) is 28.7 Å². The molecule has 7 rings (SSSR count). The van der Waals surface area contributed by atoms with E-state index >= 15 is 0 Å². The Kier molecular flexibility index (Phi) is 9.65. The SMILES string of the molecule is CCC1=CC(CC2CCC3(Cc4cc(O)cc(OC)c4-c4ccc5c(c43)OC(c3ccc(O)c(OCCNC)c3)C5COC(C)=O)C2)=CNC1N. The molecule has 0 amide bonds. The van der Waals surface area contributed by atoms with Gasteiger partial charge in [0.1, 0.15) is 36.6 Å². The number of carbonyl (C=O) groups excluding carboxylic acids is 1. The molecule has 270 valence electrons. The number of nitrogens with one attached hydrogen (secondary N) is 2. The van der Waals surface area contributed by atoms with Crippen LogP contribution in [0.25, 0.3) is 11.1 Å². The normalized spacial score (nSPS) is 24.4. The van der Waals surface area contributed by atoms with Gasteiger partial charge in [0.25, 0.3) is 0 Å². The molecule has 2 aliphatic carbocycles. The van der Waals surface area contributed by atoms with Crippen LogP contribution in [-0.4, -0.2) is 56.3 Å². The number of esters is 1. The fourth-order valence-corrected chi connectivity index (χ4v) is 8.86. The second kappa shape index (κ2) is 14.2. The summed E-state index contributed by atoms with van der Waals surface area (Å²) >= 11 is 0. The summed E-state index contributed by atoms with van der Waals surface area (Å²) in [4.78, 5) is 12.2. The van der Waals surface area contributed by atoms with E-state index in [0.29, 0.717) is 30.6 Å². The first kappa shape index (κ1) is 34.8. The minimum absolute atomic E-state index is 0.0494. The molecule has 1 saturated carbocycles. The minimum atomic E-state index is -0.490. The summed E-state index contributed by atoms with van der Waals surface area (Å²) in [5.74, 6) is 1.82. The number of carbonyl (C=O) groups is 1. The fraction of sp³-hybridized carbons (Fsp3) is 0.439. The van der Waals surface area contributed by atoms with Crippen molar-refractivity contribution >= 4 is 5.97 Å². The molecule has 0 aromatic heterocycles. The number of fused-ring (bicyclic) bond motifs is 6. The standard InChI is InChI=1S/C41H49N3O7/c1-5-26-15-25(21-44-40(26)42)14-24-10-11-41(19-24)20-28-16-29(46)18-35(48-4)36(28)31-8-7-30-32(22-50-23(2)45)38(51-39(30)37(31)41)27-6-9-33(47)34(17-27)49-13-12-43-3/h6-9,15-18,21,24,32,38,40,43-44,46-47H,5,10-14,19-20,22,42H2,1-4H3. The molecule has 4 aliphatic rings. The van der Waals surface area contributed by atoms with E-state index in [1.807, 2.05) is 25.2 Å². The molecule has 10 nitrogen and oxygen atoms in total. The molecule has 6 N–H and O–H groups in total. The Bertz CT molecular complexity index is 1890. The Balaban J connectivity index is 1.32. The van der Waals surface area contributed by atoms with Crippen molar-refractivity contribution in [2.45, 2.75) is 76.0 Å². The van der Waals surface area contributed by atoms with E-state index in [1.54, 1.807) is 19.2 Å². The number of allylic oxidation sites excluding steroid dienone is 2. The van der Waals surface area contributed by atoms with Crippen LogP contribution in [-0.2, 0) is 21.4 Å². The van der Waals surface area contributed by atoms with Gasteiger partial charge in [-0.05, 0) is 97.5 Å². The second-order valence-corrected chi connectivity index (χ2v) is 14.4. The summed E-state index contributed by atoms with van der Waals surface area (Å²) < 4.78 is 24.6. The third-order valence-electron chi connectivity index (χ3n) is 11.2. The van der Waals surface area contributed by atoms with Gasteiger partial charge in [-0.3, -0.25) is 4.79 Å². The topological polar surface area (TPSA) is 145 Å². The van der Waals surface area contributed by atoms with Crippen LogP contribution in [0, 0.1) is 5.92 Å². The number of dihydropyridines is 1. The molecule has 0 saturated heterocycles. The summed E-state index contributed by atoms with van der Waals surface area (Å²) in [6.07, 6.45) is 9.21. The van der Waals surface area contributed by atoms with Gasteiger partial charge in [0.05, 0.1) is 19.2 Å². The molecule has 10 heteroatoms. The van der Waals surface area contributed by atoms with Gasteiger partial charge in [-0.25, -0.2) is 0 Å². The van der Waals surface area contributed by atoms with Crippen molar-refractivity contribution in [1.82, 2.24) is 10.6 Å². The molecule has 3 aromatic rings. The number of aromatic hydroxyl groups is 2. The summed E-state index contributed by atoms with van der Waals surface area (Å²) in [5.41, 5.74) is 14.5. The molecule has 51 heavy (non-hydrogen) atoms. The van der Waals surface area contributed by atoms with Crippen molar-refractivity contribution in [3.8, 4) is 39.9 Å². The predicted molar refractivity (Wildman–Crippen MR) is 195 cm³/mol. The largest absolute Gasteiger partial charge is 0.508 e. The summed E-state index contributed by atoms with van der Waals surface area (Å²) in [5, 5.41) is 27.8. The van der Waals surface area contributed by atoms with E-state index in [9.17, 15) is 15.0 Å². The number of phenols is 2. The first-order valence-corrected chi connectivity index (χ1v) is 18.0. The smallest absolute Gasteiger partial charge is 0.302 e. The zero-order chi connectivity index (χ0) is 35.9. The average molecular weight is 696 g/mol. The average Bonchev–Trinajstić information content (AvgIpc) is 3.69. The van der Waals surface area contributed by atoms with Gasteiger partial charge in [-0.1, -0.05) is 31.2 Å². The Morgan fingerprint density at radius 3 is 2.76 bits per heavy atom. The van der Waals surface area contributed by atoms with Crippen LogP contribution in [0.15, 0.2) is 65.9 Å². The predicted octanol–water partition coefficient (Wildman–Crippen LogP) is 6.24. The lowest BCUT2D eigenvalue weighted by molar-refractivity contribution is -0.141. The molecule has 3 aromatic carbocycles. The molecule has 2 heterocycles. The molecule has 1 spiro atoms. The van der Waals surface area contributed by atoms with Crippen molar-refractivity contribution in [3.63, 3.8) is 0 Å². The van der Waals surface area contributed by atoms with Gasteiger partial charge < -0.3 is 45.5 Å². The van der Waals surface area contributed by atoms with Gasteiger partial charge in [0.2, 0.25) is 0 Å². The number of benzene rings is 3. The lowest BCUT2D eigenvalue weighted by Gasteiger charge is -2.39. The van der Waals surface area contributed by atoms with Crippen LogP contribution in [0.4, 0.5) is 0 Å². The summed E-state index contributed by atoms with van der Waals surface area (Å²) in [6, 6.07) is 13.1. The molecule has 5 atom stereocenters. The molecule has 0 radical (unpaired) electrons. The number of hydrogen-bond donors (Lipinski definition) is 5. The van der Waals surface area contributed by atoms with Gasteiger partial charge in [-0.2, -0.15) is 0 Å². The number of phenolic OH excluding ortho intramolecular Hbond substituents is 2. The third kappa shape index (κ3) is 6.51. The van der Waals surface area contributed by atoms with Gasteiger partial charge in [0.15, 0.2) is 11.5 Å². The Labute approximate surface area is 299 Å².